The van der Waals surface area contributed by atoms with Gasteiger partial charge in [-0.3, -0.25) is 4.79 Å². The highest BCUT2D eigenvalue weighted by atomic mass is 16.5. The number of hydrogen-bond donors (Lipinski definition) is 1. The van der Waals surface area contributed by atoms with E-state index in [2.05, 4.69) is 0 Å². The van der Waals surface area contributed by atoms with Crippen molar-refractivity contribution in [2.75, 3.05) is 14.2 Å². The van der Waals surface area contributed by atoms with Crippen LogP contribution in [0.15, 0.2) is 75.9 Å². The monoisotopic (exact) mass is 388 g/mol. The minimum absolute atomic E-state index is 0.0131. The molecule has 0 atom stereocenters. The van der Waals surface area contributed by atoms with E-state index >= 15 is 0 Å². The number of ether oxygens (including phenoxy) is 2. The summed E-state index contributed by atoms with van der Waals surface area (Å²) >= 11 is 0. The van der Waals surface area contributed by atoms with Gasteiger partial charge < -0.3 is 19.0 Å². The molecule has 0 bridgehead atoms. The van der Waals surface area contributed by atoms with Gasteiger partial charge in [-0.25, -0.2) is 0 Å². The van der Waals surface area contributed by atoms with Crippen LogP contribution < -0.4 is 14.9 Å². The number of phenols is 1. The van der Waals surface area contributed by atoms with Crippen LogP contribution in [0.2, 0.25) is 0 Å². The van der Waals surface area contributed by atoms with E-state index in [9.17, 15) is 9.90 Å². The minimum Gasteiger partial charge on any atom is -0.504 e. The number of benzene rings is 3. The first-order valence-electron chi connectivity index (χ1n) is 9.17. The van der Waals surface area contributed by atoms with E-state index < -0.39 is 0 Å². The van der Waals surface area contributed by atoms with Gasteiger partial charge in [-0.05, 0) is 18.2 Å². The van der Waals surface area contributed by atoms with Crippen LogP contribution in [0.1, 0.15) is 11.1 Å². The van der Waals surface area contributed by atoms with E-state index in [1.54, 1.807) is 43.5 Å². The second kappa shape index (κ2) is 7.72. The first-order chi connectivity index (χ1) is 14.1. The van der Waals surface area contributed by atoms with Gasteiger partial charge in [-0.1, -0.05) is 48.5 Å². The Morgan fingerprint density at radius 2 is 1.55 bits per heavy atom. The van der Waals surface area contributed by atoms with Crippen LogP contribution in [0, 0.1) is 0 Å². The summed E-state index contributed by atoms with van der Waals surface area (Å²) < 4.78 is 16.8. The number of aromatic hydroxyl groups is 1. The fraction of sp³-hybridized carbons (Fsp3) is 0.125. The molecule has 0 aliphatic carbocycles. The SMILES string of the molecule is COc1cccc(Cc2c(-c3ccccc3)oc3c(OC)cccc3c2=O)c1O. The van der Waals surface area contributed by atoms with Crippen molar-refractivity contribution in [3.8, 4) is 28.6 Å². The maximum atomic E-state index is 13.4. The van der Waals surface area contributed by atoms with Crippen molar-refractivity contribution in [3.63, 3.8) is 0 Å². The fourth-order valence-electron chi connectivity index (χ4n) is 3.44. The Hall–Kier alpha value is -3.73. The molecule has 0 saturated carbocycles. The summed E-state index contributed by atoms with van der Waals surface area (Å²) in [7, 11) is 3.03. The van der Waals surface area contributed by atoms with Crippen LogP contribution in [0.5, 0.6) is 17.2 Å². The predicted molar refractivity (Wildman–Crippen MR) is 112 cm³/mol. The normalized spacial score (nSPS) is 10.8. The Balaban J connectivity index is 2.00. The highest BCUT2D eigenvalue weighted by molar-refractivity contribution is 5.85. The molecule has 1 heterocycles. The molecule has 0 radical (unpaired) electrons. The third kappa shape index (κ3) is 3.31. The van der Waals surface area contributed by atoms with E-state index in [0.717, 1.165) is 5.56 Å². The lowest BCUT2D eigenvalue weighted by molar-refractivity contribution is 0.371. The molecule has 146 valence electrons. The molecule has 0 aliphatic heterocycles. The quantitative estimate of drug-likeness (QED) is 0.533. The Bertz CT molecular complexity index is 1230. The van der Waals surface area contributed by atoms with Crippen LogP contribution >= 0.6 is 0 Å². The lowest BCUT2D eigenvalue weighted by atomic mass is 9.97. The minimum atomic E-state index is -0.161. The third-order valence-corrected chi connectivity index (χ3v) is 4.90. The molecule has 0 amide bonds. The largest absolute Gasteiger partial charge is 0.504 e. The van der Waals surface area contributed by atoms with Gasteiger partial charge in [0.2, 0.25) is 0 Å². The molecular formula is C24H20O5. The first kappa shape index (κ1) is 18.6. The highest BCUT2D eigenvalue weighted by Crippen LogP contribution is 2.35. The van der Waals surface area contributed by atoms with Gasteiger partial charge >= 0.3 is 0 Å². The average Bonchev–Trinajstić information content (AvgIpc) is 2.77. The Kier molecular flexibility index (Phi) is 4.96. The zero-order chi connectivity index (χ0) is 20.4. The molecule has 4 rings (SSSR count). The smallest absolute Gasteiger partial charge is 0.196 e. The van der Waals surface area contributed by atoms with Crippen molar-refractivity contribution in [3.05, 3.63) is 88.1 Å². The van der Waals surface area contributed by atoms with E-state index in [-0.39, 0.29) is 17.6 Å². The average molecular weight is 388 g/mol. The van der Waals surface area contributed by atoms with Gasteiger partial charge in [0.1, 0.15) is 5.76 Å². The number of para-hydroxylation sites is 2. The predicted octanol–water partition coefficient (Wildman–Crippen LogP) is 4.77. The summed E-state index contributed by atoms with van der Waals surface area (Å²) in [5.74, 6) is 1.32. The number of methoxy groups -OCH3 is 2. The van der Waals surface area contributed by atoms with Crippen LogP contribution in [0.3, 0.4) is 0 Å². The van der Waals surface area contributed by atoms with Crippen molar-refractivity contribution in [1.29, 1.82) is 0 Å². The van der Waals surface area contributed by atoms with E-state index in [4.69, 9.17) is 13.9 Å². The fourth-order valence-corrected chi connectivity index (χ4v) is 3.44. The van der Waals surface area contributed by atoms with Crippen LogP contribution in [0.4, 0.5) is 0 Å². The molecule has 0 fully saturated rings. The summed E-state index contributed by atoms with van der Waals surface area (Å²) in [6, 6.07) is 19.9. The first-order valence-corrected chi connectivity index (χ1v) is 9.17. The zero-order valence-electron chi connectivity index (χ0n) is 16.1. The van der Waals surface area contributed by atoms with Gasteiger partial charge in [0.25, 0.3) is 0 Å². The van der Waals surface area contributed by atoms with Crippen molar-refractivity contribution in [1.82, 2.24) is 0 Å². The Morgan fingerprint density at radius 1 is 0.862 bits per heavy atom. The Labute approximate surface area is 167 Å². The molecule has 1 aromatic heterocycles. The topological polar surface area (TPSA) is 68.9 Å². The van der Waals surface area contributed by atoms with Crippen LogP contribution in [-0.4, -0.2) is 19.3 Å². The molecule has 0 aliphatic rings. The third-order valence-electron chi connectivity index (χ3n) is 4.90. The second-order valence-corrected chi connectivity index (χ2v) is 6.59. The molecule has 0 saturated heterocycles. The number of fused-ring (bicyclic) bond motifs is 1. The standard InChI is InChI=1S/C24H20O5/c1-27-19-12-6-10-16(21(19)25)14-18-22(26)17-11-7-13-20(28-2)24(17)29-23(18)15-8-4-3-5-9-15/h3-13,25H,14H2,1-2H3. The summed E-state index contributed by atoms with van der Waals surface area (Å²) in [5, 5.41) is 11.0. The maximum absolute atomic E-state index is 13.4. The molecule has 3 aromatic carbocycles. The van der Waals surface area contributed by atoms with Gasteiger partial charge in [-0.2, -0.15) is 0 Å². The molecule has 0 unspecified atom stereocenters. The molecule has 5 nitrogen and oxygen atoms in total. The van der Waals surface area contributed by atoms with E-state index in [0.29, 0.717) is 39.4 Å². The van der Waals surface area contributed by atoms with Crippen molar-refractivity contribution < 1.29 is 19.0 Å². The molecule has 29 heavy (non-hydrogen) atoms. The summed E-state index contributed by atoms with van der Waals surface area (Å²) in [6.07, 6.45) is 0.197. The lowest BCUT2D eigenvalue weighted by Crippen LogP contribution is -2.12. The molecular weight excluding hydrogens is 368 g/mol. The van der Waals surface area contributed by atoms with Crippen molar-refractivity contribution >= 4 is 11.0 Å². The summed E-state index contributed by atoms with van der Waals surface area (Å²) in [4.78, 5) is 13.4. The van der Waals surface area contributed by atoms with E-state index in [1.807, 2.05) is 30.3 Å². The summed E-state index contributed by atoms with van der Waals surface area (Å²) in [5.41, 5.74) is 2.05. The summed E-state index contributed by atoms with van der Waals surface area (Å²) in [6.45, 7) is 0. The highest BCUT2D eigenvalue weighted by Gasteiger charge is 2.20. The number of rotatable bonds is 5. The van der Waals surface area contributed by atoms with Crippen molar-refractivity contribution in [2.24, 2.45) is 0 Å². The lowest BCUT2D eigenvalue weighted by Gasteiger charge is -2.13. The van der Waals surface area contributed by atoms with Crippen LogP contribution in [0.25, 0.3) is 22.3 Å². The van der Waals surface area contributed by atoms with Gasteiger partial charge in [0.05, 0.1) is 19.6 Å². The van der Waals surface area contributed by atoms with E-state index in [1.165, 1.54) is 7.11 Å². The second-order valence-electron chi connectivity index (χ2n) is 6.59. The number of phenolic OH excluding ortho intramolecular Hbond substituents is 1. The zero-order valence-corrected chi connectivity index (χ0v) is 16.1. The number of hydrogen-bond acceptors (Lipinski definition) is 5. The van der Waals surface area contributed by atoms with Crippen LogP contribution in [-0.2, 0) is 6.42 Å². The van der Waals surface area contributed by atoms with Crippen molar-refractivity contribution in [2.45, 2.75) is 6.42 Å². The molecule has 0 spiro atoms. The van der Waals surface area contributed by atoms with Gasteiger partial charge in [-0.15, -0.1) is 0 Å². The molecule has 5 heteroatoms. The maximum Gasteiger partial charge on any atom is 0.196 e. The van der Waals surface area contributed by atoms with Gasteiger partial charge in [0, 0.05) is 23.1 Å². The van der Waals surface area contributed by atoms with Gasteiger partial charge in [0.15, 0.2) is 28.3 Å². The molecule has 4 aromatic rings. The Morgan fingerprint density at radius 3 is 2.28 bits per heavy atom. The molecule has 1 N–H and O–H groups in total.